The van der Waals surface area contributed by atoms with E-state index in [2.05, 4.69) is 46.0 Å². The molecule has 22 heavy (non-hydrogen) atoms. The summed E-state index contributed by atoms with van der Waals surface area (Å²) in [5, 5.41) is 7.35. The lowest BCUT2D eigenvalue weighted by Crippen LogP contribution is -2.05. The van der Waals surface area contributed by atoms with E-state index in [1.54, 1.807) is 0 Å². The van der Waals surface area contributed by atoms with E-state index >= 15 is 0 Å². The highest BCUT2D eigenvalue weighted by molar-refractivity contribution is 7.71. The molecule has 0 saturated carbocycles. The zero-order valence-corrected chi connectivity index (χ0v) is 14.4. The molecular weight excluding hydrogens is 290 g/mol. The van der Waals surface area contributed by atoms with E-state index in [1.165, 1.54) is 50.5 Å². The van der Waals surface area contributed by atoms with Gasteiger partial charge in [-0.25, -0.2) is 0 Å². The fourth-order valence-corrected chi connectivity index (χ4v) is 2.93. The number of rotatable bonds is 10. The summed E-state index contributed by atoms with van der Waals surface area (Å²) >= 11 is 5.37. The minimum Gasteiger partial charge on any atom is -0.300 e. The summed E-state index contributed by atoms with van der Waals surface area (Å²) in [5.41, 5.74) is 1.26. The van der Waals surface area contributed by atoms with Crippen LogP contribution in [0.5, 0.6) is 0 Å². The Morgan fingerprint density at radius 3 is 2.41 bits per heavy atom. The van der Waals surface area contributed by atoms with Crippen molar-refractivity contribution in [3.05, 3.63) is 46.5 Å². The first kappa shape index (κ1) is 16.9. The molecule has 3 nitrogen and oxygen atoms in total. The van der Waals surface area contributed by atoms with E-state index < -0.39 is 0 Å². The molecule has 1 N–H and O–H groups in total. The van der Waals surface area contributed by atoms with Gasteiger partial charge in [-0.05, 0) is 24.2 Å². The van der Waals surface area contributed by atoms with Crippen LogP contribution in [0.4, 0.5) is 0 Å². The average molecular weight is 318 g/mol. The molecule has 0 aliphatic rings. The molecule has 0 aliphatic heterocycles. The Hall–Kier alpha value is -1.42. The number of benzene rings is 1. The van der Waals surface area contributed by atoms with Crippen molar-refractivity contribution in [2.45, 2.75) is 64.8 Å². The Bertz CT molecular complexity index is 586. The highest BCUT2D eigenvalue weighted by Gasteiger charge is 2.06. The van der Waals surface area contributed by atoms with Gasteiger partial charge in [0.2, 0.25) is 0 Å². The molecule has 0 aliphatic carbocycles. The Labute approximate surface area is 138 Å². The molecule has 0 amide bonds. The monoisotopic (exact) mass is 317 g/mol. The van der Waals surface area contributed by atoms with Crippen molar-refractivity contribution in [3.63, 3.8) is 0 Å². The molecule has 2 aromatic rings. The number of aromatic amines is 1. The number of unbranched alkanes of at least 4 members (excludes halogenated alkanes) is 6. The molecule has 0 unspecified atom stereocenters. The van der Waals surface area contributed by atoms with Gasteiger partial charge in [-0.1, -0.05) is 75.8 Å². The topological polar surface area (TPSA) is 33.6 Å². The third kappa shape index (κ3) is 5.41. The number of hydrogen-bond donors (Lipinski definition) is 1. The smallest absolute Gasteiger partial charge is 0.195 e. The number of nitrogens with one attached hydrogen (secondary N) is 1. The first-order valence-corrected chi connectivity index (χ1v) is 8.90. The molecule has 2 rings (SSSR count). The SMILES string of the molecule is CCCCCCCCCc1n[nH]c(=S)n1Cc1ccccc1. The van der Waals surface area contributed by atoms with Gasteiger partial charge in [0.25, 0.3) is 0 Å². The molecule has 4 heteroatoms. The minimum absolute atomic E-state index is 0.724. The van der Waals surface area contributed by atoms with Crippen LogP contribution in [-0.2, 0) is 13.0 Å². The van der Waals surface area contributed by atoms with Gasteiger partial charge in [0.15, 0.2) is 4.77 Å². The van der Waals surface area contributed by atoms with Crippen LogP contribution in [0, 0.1) is 4.77 Å². The summed E-state index contributed by atoms with van der Waals surface area (Å²) in [6.07, 6.45) is 10.3. The largest absolute Gasteiger partial charge is 0.300 e. The van der Waals surface area contributed by atoms with Crippen molar-refractivity contribution in [2.24, 2.45) is 0 Å². The molecule has 0 bridgehead atoms. The summed E-state index contributed by atoms with van der Waals surface area (Å²) < 4.78 is 2.85. The van der Waals surface area contributed by atoms with Crippen molar-refractivity contribution < 1.29 is 0 Å². The molecule has 1 aromatic heterocycles. The lowest BCUT2D eigenvalue weighted by molar-refractivity contribution is 0.576. The second-order valence-corrected chi connectivity index (χ2v) is 6.27. The van der Waals surface area contributed by atoms with E-state index in [4.69, 9.17) is 12.2 Å². The maximum absolute atomic E-state index is 5.37. The predicted molar refractivity (Wildman–Crippen MR) is 94.7 cm³/mol. The molecule has 0 spiro atoms. The van der Waals surface area contributed by atoms with Crippen LogP contribution in [0.15, 0.2) is 30.3 Å². The molecular formula is C18H27N3S. The van der Waals surface area contributed by atoms with Crippen LogP contribution in [0.2, 0.25) is 0 Å². The van der Waals surface area contributed by atoms with E-state index in [0.29, 0.717) is 0 Å². The second-order valence-electron chi connectivity index (χ2n) is 5.89. The molecule has 0 radical (unpaired) electrons. The lowest BCUT2D eigenvalue weighted by Gasteiger charge is -2.07. The average Bonchev–Trinajstić information content (AvgIpc) is 2.88. The number of aryl methyl sites for hydroxylation is 1. The van der Waals surface area contributed by atoms with Crippen molar-refractivity contribution in [2.75, 3.05) is 0 Å². The van der Waals surface area contributed by atoms with Crippen LogP contribution < -0.4 is 0 Å². The summed E-state index contributed by atoms with van der Waals surface area (Å²) in [7, 11) is 0. The number of nitrogens with zero attached hydrogens (tertiary/aromatic N) is 2. The van der Waals surface area contributed by atoms with Gasteiger partial charge in [0, 0.05) is 6.42 Å². The zero-order valence-electron chi connectivity index (χ0n) is 13.6. The molecule has 120 valence electrons. The van der Waals surface area contributed by atoms with Crippen LogP contribution in [0.1, 0.15) is 63.3 Å². The first-order valence-electron chi connectivity index (χ1n) is 8.49. The summed E-state index contributed by atoms with van der Waals surface area (Å²) in [4.78, 5) is 0. The maximum Gasteiger partial charge on any atom is 0.195 e. The normalized spacial score (nSPS) is 11.0. The van der Waals surface area contributed by atoms with Crippen molar-refractivity contribution in [3.8, 4) is 0 Å². The fraction of sp³-hybridized carbons (Fsp3) is 0.556. The van der Waals surface area contributed by atoms with Gasteiger partial charge in [-0.2, -0.15) is 5.10 Å². The Balaban J connectivity index is 1.81. The fourth-order valence-electron chi connectivity index (χ4n) is 2.71. The van der Waals surface area contributed by atoms with Gasteiger partial charge in [-0.15, -0.1) is 0 Å². The maximum atomic E-state index is 5.37. The third-order valence-corrected chi connectivity index (χ3v) is 4.34. The van der Waals surface area contributed by atoms with Gasteiger partial charge < -0.3 is 0 Å². The Morgan fingerprint density at radius 2 is 1.68 bits per heavy atom. The van der Waals surface area contributed by atoms with Crippen molar-refractivity contribution in [1.29, 1.82) is 0 Å². The number of aromatic nitrogens is 3. The van der Waals surface area contributed by atoms with Crippen LogP contribution in [0.25, 0.3) is 0 Å². The van der Waals surface area contributed by atoms with E-state index in [0.717, 1.165) is 23.6 Å². The van der Waals surface area contributed by atoms with Crippen molar-refractivity contribution in [1.82, 2.24) is 14.8 Å². The minimum atomic E-state index is 0.724. The second kappa shape index (κ2) is 9.57. The van der Waals surface area contributed by atoms with Gasteiger partial charge >= 0.3 is 0 Å². The lowest BCUT2D eigenvalue weighted by atomic mass is 10.1. The summed E-state index contributed by atoms with van der Waals surface area (Å²) in [6, 6.07) is 10.4. The zero-order chi connectivity index (χ0) is 15.6. The highest BCUT2D eigenvalue weighted by Crippen LogP contribution is 2.11. The van der Waals surface area contributed by atoms with E-state index in [-0.39, 0.29) is 0 Å². The van der Waals surface area contributed by atoms with Crippen LogP contribution in [0.3, 0.4) is 0 Å². The molecule has 0 atom stereocenters. The highest BCUT2D eigenvalue weighted by atomic mass is 32.1. The molecule has 1 aromatic carbocycles. The Morgan fingerprint density at radius 1 is 1.00 bits per heavy atom. The molecule has 0 saturated heterocycles. The van der Waals surface area contributed by atoms with Gasteiger partial charge in [0.1, 0.15) is 5.82 Å². The first-order chi connectivity index (χ1) is 10.8. The van der Waals surface area contributed by atoms with Gasteiger partial charge in [0.05, 0.1) is 6.54 Å². The van der Waals surface area contributed by atoms with Crippen LogP contribution >= 0.6 is 12.2 Å². The summed E-state index contributed by atoms with van der Waals surface area (Å²) in [6.45, 7) is 3.07. The molecule has 0 fully saturated rings. The number of H-pyrrole nitrogens is 1. The molecule has 1 heterocycles. The number of hydrogen-bond acceptors (Lipinski definition) is 2. The van der Waals surface area contributed by atoms with Gasteiger partial charge in [-0.3, -0.25) is 9.67 Å². The van der Waals surface area contributed by atoms with E-state index in [1.807, 2.05) is 6.07 Å². The quantitative estimate of drug-likeness (QED) is 0.477. The Kier molecular flexibility index (Phi) is 7.37. The summed E-state index contributed by atoms with van der Waals surface area (Å²) in [5.74, 6) is 1.09. The third-order valence-electron chi connectivity index (χ3n) is 4.02. The van der Waals surface area contributed by atoms with E-state index in [9.17, 15) is 0 Å². The van der Waals surface area contributed by atoms with Crippen molar-refractivity contribution >= 4 is 12.2 Å². The standard InChI is InChI=1S/C18H27N3S/c1-2-3-4-5-6-7-11-14-17-19-20-18(22)21(17)15-16-12-9-8-10-13-16/h8-10,12-13H,2-7,11,14-15H2,1H3,(H,20,22). The van der Waals surface area contributed by atoms with Crippen LogP contribution in [-0.4, -0.2) is 14.8 Å². The predicted octanol–water partition coefficient (Wildman–Crippen LogP) is 5.28.